The third-order valence-electron chi connectivity index (χ3n) is 3.49. The van der Waals surface area contributed by atoms with Crippen LogP contribution in [0.4, 0.5) is 11.4 Å². The van der Waals surface area contributed by atoms with E-state index in [1.54, 1.807) is 6.07 Å². The van der Waals surface area contributed by atoms with Crippen LogP contribution >= 0.6 is 0 Å². The fourth-order valence-corrected chi connectivity index (χ4v) is 2.20. The Hall–Kier alpha value is -3.59. The van der Waals surface area contributed by atoms with E-state index in [2.05, 4.69) is 10.6 Å². The topological polar surface area (TPSA) is 102 Å². The van der Waals surface area contributed by atoms with E-state index in [0.29, 0.717) is 5.69 Å². The smallest absolute Gasteiger partial charge is 0.335 e. The molecule has 1 amide bonds. The fraction of sp³-hybridized carbons (Fsp3) is 0.105. The number of nitrogens with one attached hydrogen (secondary N) is 2. The van der Waals surface area contributed by atoms with Crippen molar-refractivity contribution in [3.63, 3.8) is 0 Å². The Morgan fingerprint density at radius 2 is 1.92 bits per heavy atom. The number of anilines is 2. The third kappa shape index (κ3) is 4.69. The van der Waals surface area contributed by atoms with Gasteiger partial charge in [-0.15, -0.1) is 0 Å². The Morgan fingerprint density at radius 1 is 1.16 bits per heavy atom. The molecule has 2 rings (SSSR count). The highest BCUT2D eigenvalue weighted by molar-refractivity contribution is 6.07. The van der Waals surface area contributed by atoms with Gasteiger partial charge in [0.25, 0.3) is 5.91 Å². The molecule has 0 aliphatic rings. The SMILES string of the molecule is Cc1ccc(N/C=C(/C#N)C(=O)Nc2cccc(C(=O)O)c2)c(C)c1. The molecule has 0 aliphatic heterocycles. The number of aromatic carboxylic acids is 1. The van der Waals surface area contributed by atoms with Gasteiger partial charge in [-0.25, -0.2) is 4.79 Å². The number of nitrogens with zero attached hydrogens (tertiary/aromatic N) is 1. The number of amides is 1. The number of carboxylic acids is 1. The van der Waals surface area contributed by atoms with E-state index < -0.39 is 11.9 Å². The molecule has 3 N–H and O–H groups in total. The van der Waals surface area contributed by atoms with Crippen molar-refractivity contribution in [3.8, 4) is 6.07 Å². The summed E-state index contributed by atoms with van der Waals surface area (Å²) in [6.45, 7) is 3.90. The van der Waals surface area contributed by atoms with Gasteiger partial charge in [-0.1, -0.05) is 23.8 Å². The van der Waals surface area contributed by atoms with Crippen molar-refractivity contribution in [1.29, 1.82) is 5.26 Å². The molecule has 0 atom stereocenters. The molecule has 0 radical (unpaired) electrons. The number of hydrogen-bond donors (Lipinski definition) is 3. The van der Waals surface area contributed by atoms with E-state index in [1.165, 1.54) is 24.4 Å². The van der Waals surface area contributed by atoms with E-state index in [9.17, 15) is 14.9 Å². The van der Waals surface area contributed by atoms with Crippen LogP contribution < -0.4 is 10.6 Å². The molecule has 0 bridgehead atoms. The van der Waals surface area contributed by atoms with Crippen molar-refractivity contribution in [2.24, 2.45) is 0 Å². The van der Waals surface area contributed by atoms with Crippen molar-refractivity contribution in [2.45, 2.75) is 13.8 Å². The van der Waals surface area contributed by atoms with E-state index in [1.807, 2.05) is 38.1 Å². The fourth-order valence-electron chi connectivity index (χ4n) is 2.20. The summed E-state index contributed by atoms with van der Waals surface area (Å²) in [5.41, 5.74) is 3.12. The summed E-state index contributed by atoms with van der Waals surface area (Å²) in [7, 11) is 0. The summed E-state index contributed by atoms with van der Waals surface area (Å²) in [6, 6.07) is 13.4. The second-order valence-corrected chi connectivity index (χ2v) is 5.47. The van der Waals surface area contributed by atoms with Crippen LogP contribution in [-0.4, -0.2) is 17.0 Å². The minimum atomic E-state index is -1.09. The van der Waals surface area contributed by atoms with Crippen molar-refractivity contribution < 1.29 is 14.7 Å². The summed E-state index contributed by atoms with van der Waals surface area (Å²) in [5.74, 6) is -1.72. The summed E-state index contributed by atoms with van der Waals surface area (Å²) in [6.07, 6.45) is 1.33. The molecule has 126 valence electrons. The lowest BCUT2D eigenvalue weighted by Crippen LogP contribution is -2.15. The molecule has 0 saturated carbocycles. The van der Waals surface area contributed by atoms with Gasteiger partial charge in [0.05, 0.1) is 5.56 Å². The van der Waals surface area contributed by atoms with Crippen molar-refractivity contribution in [2.75, 3.05) is 10.6 Å². The second kappa shape index (κ2) is 7.79. The molecular formula is C19H17N3O3. The van der Waals surface area contributed by atoms with Crippen LogP contribution in [0.15, 0.2) is 54.2 Å². The molecule has 0 heterocycles. The molecule has 6 heteroatoms. The predicted octanol–water partition coefficient (Wildman–Crippen LogP) is 3.46. The largest absolute Gasteiger partial charge is 0.478 e. The second-order valence-electron chi connectivity index (χ2n) is 5.47. The zero-order chi connectivity index (χ0) is 18.4. The summed E-state index contributed by atoms with van der Waals surface area (Å²) < 4.78 is 0. The van der Waals surface area contributed by atoms with E-state index in [-0.39, 0.29) is 11.1 Å². The van der Waals surface area contributed by atoms with E-state index in [0.717, 1.165) is 16.8 Å². The van der Waals surface area contributed by atoms with Gasteiger partial charge in [0.2, 0.25) is 0 Å². The minimum Gasteiger partial charge on any atom is -0.478 e. The molecule has 25 heavy (non-hydrogen) atoms. The lowest BCUT2D eigenvalue weighted by Gasteiger charge is -2.08. The van der Waals surface area contributed by atoms with Crippen LogP contribution in [0.3, 0.4) is 0 Å². The molecule has 0 saturated heterocycles. The van der Waals surface area contributed by atoms with Crippen LogP contribution in [0.2, 0.25) is 0 Å². The monoisotopic (exact) mass is 335 g/mol. The lowest BCUT2D eigenvalue weighted by atomic mass is 10.1. The lowest BCUT2D eigenvalue weighted by molar-refractivity contribution is -0.112. The zero-order valence-corrected chi connectivity index (χ0v) is 13.8. The number of aryl methyl sites for hydroxylation is 2. The number of benzene rings is 2. The van der Waals surface area contributed by atoms with Gasteiger partial charge in [-0.3, -0.25) is 4.79 Å². The number of carbonyl (C=O) groups excluding carboxylic acids is 1. The average Bonchev–Trinajstić information content (AvgIpc) is 2.57. The number of nitriles is 1. The van der Waals surface area contributed by atoms with Crippen LogP contribution in [0.25, 0.3) is 0 Å². The highest BCUT2D eigenvalue weighted by Gasteiger charge is 2.11. The average molecular weight is 335 g/mol. The summed E-state index contributed by atoms with van der Waals surface area (Å²) in [5, 5.41) is 23.6. The Morgan fingerprint density at radius 3 is 2.56 bits per heavy atom. The first-order valence-corrected chi connectivity index (χ1v) is 7.49. The zero-order valence-electron chi connectivity index (χ0n) is 13.8. The number of rotatable bonds is 5. The first-order chi connectivity index (χ1) is 11.9. The van der Waals surface area contributed by atoms with Crippen LogP contribution in [-0.2, 0) is 4.79 Å². The van der Waals surface area contributed by atoms with Crippen molar-refractivity contribution in [3.05, 3.63) is 70.9 Å². The highest BCUT2D eigenvalue weighted by Crippen LogP contribution is 2.17. The number of carbonyl (C=O) groups is 2. The molecule has 6 nitrogen and oxygen atoms in total. The van der Waals surface area contributed by atoms with E-state index >= 15 is 0 Å². The maximum Gasteiger partial charge on any atom is 0.335 e. The molecule has 2 aromatic carbocycles. The Labute approximate surface area is 145 Å². The summed E-state index contributed by atoms with van der Waals surface area (Å²) in [4.78, 5) is 23.2. The maximum atomic E-state index is 12.2. The van der Waals surface area contributed by atoms with Crippen LogP contribution in [0.5, 0.6) is 0 Å². The molecule has 0 spiro atoms. The molecule has 0 aromatic heterocycles. The standard InChI is InChI=1S/C19H17N3O3/c1-12-6-7-17(13(2)8-12)21-11-15(10-20)18(23)22-16-5-3-4-14(9-16)19(24)25/h3-9,11,21H,1-2H3,(H,22,23)(H,24,25)/b15-11-. The first kappa shape index (κ1) is 17.8. The van der Waals surface area contributed by atoms with Gasteiger partial charge in [0, 0.05) is 17.6 Å². The number of carboxylic acid groups (broad SMARTS) is 1. The van der Waals surface area contributed by atoms with Gasteiger partial charge in [0.1, 0.15) is 11.6 Å². The van der Waals surface area contributed by atoms with Gasteiger partial charge in [-0.2, -0.15) is 5.26 Å². The quantitative estimate of drug-likeness (QED) is 0.573. The summed E-state index contributed by atoms with van der Waals surface area (Å²) >= 11 is 0. The van der Waals surface area contributed by atoms with Gasteiger partial charge < -0.3 is 15.7 Å². The maximum absolute atomic E-state index is 12.2. The van der Waals surface area contributed by atoms with Crippen LogP contribution in [0.1, 0.15) is 21.5 Å². The Balaban J connectivity index is 2.14. The third-order valence-corrected chi connectivity index (χ3v) is 3.49. The molecule has 0 unspecified atom stereocenters. The molecule has 0 aliphatic carbocycles. The Bertz CT molecular complexity index is 895. The normalized spacial score (nSPS) is 10.7. The van der Waals surface area contributed by atoms with Crippen molar-refractivity contribution >= 4 is 23.3 Å². The Kier molecular flexibility index (Phi) is 5.54. The molecule has 0 fully saturated rings. The highest BCUT2D eigenvalue weighted by atomic mass is 16.4. The van der Waals surface area contributed by atoms with Gasteiger partial charge in [-0.05, 0) is 43.7 Å². The first-order valence-electron chi connectivity index (χ1n) is 7.49. The number of hydrogen-bond acceptors (Lipinski definition) is 4. The van der Waals surface area contributed by atoms with E-state index in [4.69, 9.17) is 5.11 Å². The van der Waals surface area contributed by atoms with Gasteiger partial charge >= 0.3 is 5.97 Å². The minimum absolute atomic E-state index is 0.0497. The molecule has 2 aromatic rings. The van der Waals surface area contributed by atoms with Crippen molar-refractivity contribution in [1.82, 2.24) is 0 Å². The van der Waals surface area contributed by atoms with Crippen LogP contribution in [0, 0.1) is 25.2 Å². The molecular weight excluding hydrogens is 318 g/mol. The predicted molar refractivity (Wildman–Crippen MR) is 95.3 cm³/mol. The van der Waals surface area contributed by atoms with Gasteiger partial charge in [0.15, 0.2) is 0 Å².